The Balaban J connectivity index is 1.58. The molecule has 4 rings (SSSR count). The van der Waals surface area contributed by atoms with Gasteiger partial charge in [0.05, 0.1) is 0 Å². The van der Waals surface area contributed by atoms with Crippen molar-refractivity contribution in [3.05, 3.63) is 83.4 Å². The smallest absolute Gasteiger partial charge is 0.0491 e. The summed E-state index contributed by atoms with van der Waals surface area (Å²) in [7, 11) is 0. The Labute approximate surface area is 149 Å². The highest BCUT2D eigenvalue weighted by Gasteiger charge is 2.09. The van der Waals surface area contributed by atoms with Crippen molar-refractivity contribution in [2.24, 2.45) is 0 Å². The molecule has 0 unspecified atom stereocenters. The van der Waals surface area contributed by atoms with Crippen LogP contribution in [-0.2, 0) is 19.6 Å². The van der Waals surface area contributed by atoms with Crippen molar-refractivity contribution in [1.82, 2.24) is 9.88 Å². The summed E-state index contributed by atoms with van der Waals surface area (Å²) in [6.45, 7) is 7.11. The van der Waals surface area contributed by atoms with E-state index in [1.165, 1.54) is 38.5 Å². The predicted octanol–water partition coefficient (Wildman–Crippen LogP) is 5.41. The van der Waals surface area contributed by atoms with Gasteiger partial charge in [-0.1, -0.05) is 54.1 Å². The molecule has 25 heavy (non-hydrogen) atoms. The minimum Gasteiger partial charge on any atom is -0.341 e. The van der Waals surface area contributed by atoms with E-state index in [-0.39, 0.29) is 0 Å². The number of para-hydroxylation sites is 1. The lowest BCUT2D eigenvalue weighted by molar-refractivity contribution is 0.694. The Hall–Kier alpha value is -2.58. The molecule has 2 heteroatoms. The maximum atomic E-state index is 3.56. The van der Waals surface area contributed by atoms with Gasteiger partial charge in [-0.05, 0) is 43.2 Å². The molecule has 0 saturated heterocycles. The molecule has 0 atom stereocenters. The van der Waals surface area contributed by atoms with Gasteiger partial charge < -0.3 is 9.88 Å². The molecule has 1 N–H and O–H groups in total. The number of nitrogens with one attached hydrogen (secondary N) is 1. The summed E-state index contributed by atoms with van der Waals surface area (Å²) < 4.78 is 2.40. The van der Waals surface area contributed by atoms with Crippen molar-refractivity contribution in [2.75, 3.05) is 0 Å². The fourth-order valence-corrected chi connectivity index (χ4v) is 3.61. The fourth-order valence-electron chi connectivity index (χ4n) is 3.61. The van der Waals surface area contributed by atoms with Gasteiger partial charge in [0, 0.05) is 41.4 Å². The number of hydrogen-bond acceptors (Lipinski definition) is 1. The average molecular weight is 328 g/mol. The van der Waals surface area contributed by atoms with Gasteiger partial charge in [0.15, 0.2) is 0 Å². The largest absolute Gasteiger partial charge is 0.341 e. The molecular weight excluding hydrogens is 304 g/mol. The van der Waals surface area contributed by atoms with Gasteiger partial charge in [0.25, 0.3) is 0 Å². The molecule has 0 radical (unpaired) electrons. The first kappa shape index (κ1) is 15.9. The van der Waals surface area contributed by atoms with E-state index in [0.717, 1.165) is 19.6 Å². The van der Waals surface area contributed by atoms with E-state index in [2.05, 4.69) is 90.5 Å². The summed E-state index contributed by atoms with van der Waals surface area (Å²) in [6, 6.07) is 24.3. The van der Waals surface area contributed by atoms with Gasteiger partial charge in [-0.2, -0.15) is 0 Å². The van der Waals surface area contributed by atoms with E-state index in [9.17, 15) is 0 Å². The molecule has 0 aliphatic carbocycles. The van der Waals surface area contributed by atoms with Crippen molar-refractivity contribution in [2.45, 2.75) is 33.5 Å². The monoisotopic (exact) mass is 328 g/mol. The first-order chi connectivity index (χ1) is 12.3. The summed E-state index contributed by atoms with van der Waals surface area (Å²) in [6.07, 6.45) is 0. The van der Waals surface area contributed by atoms with Gasteiger partial charge in [-0.25, -0.2) is 0 Å². The second kappa shape index (κ2) is 6.73. The molecule has 3 aromatic carbocycles. The van der Waals surface area contributed by atoms with Crippen molar-refractivity contribution < 1.29 is 0 Å². The molecule has 0 bridgehead atoms. The highest BCUT2D eigenvalue weighted by molar-refractivity contribution is 6.08. The van der Waals surface area contributed by atoms with E-state index < -0.39 is 0 Å². The van der Waals surface area contributed by atoms with Crippen LogP contribution in [0.3, 0.4) is 0 Å². The maximum Gasteiger partial charge on any atom is 0.0491 e. The summed E-state index contributed by atoms with van der Waals surface area (Å²) in [4.78, 5) is 0. The normalized spacial score (nSPS) is 11.4. The third-order valence-electron chi connectivity index (χ3n) is 4.93. The molecule has 0 aliphatic rings. The number of aromatic nitrogens is 1. The van der Waals surface area contributed by atoms with E-state index in [0.29, 0.717) is 0 Å². The maximum absolute atomic E-state index is 3.56. The van der Waals surface area contributed by atoms with Gasteiger partial charge in [-0.15, -0.1) is 0 Å². The Morgan fingerprint density at radius 1 is 0.760 bits per heavy atom. The molecule has 2 nitrogen and oxygen atoms in total. The minimum absolute atomic E-state index is 0.884. The number of nitrogens with zero attached hydrogens (tertiary/aromatic N) is 1. The molecule has 126 valence electrons. The van der Waals surface area contributed by atoms with Crippen LogP contribution in [-0.4, -0.2) is 4.57 Å². The van der Waals surface area contributed by atoms with Gasteiger partial charge >= 0.3 is 0 Å². The van der Waals surface area contributed by atoms with Crippen LogP contribution >= 0.6 is 0 Å². The number of benzene rings is 3. The van der Waals surface area contributed by atoms with E-state index in [1.54, 1.807) is 0 Å². The van der Waals surface area contributed by atoms with Crippen molar-refractivity contribution >= 4 is 21.8 Å². The summed E-state index contributed by atoms with van der Waals surface area (Å²) in [5.74, 6) is 0. The molecule has 0 fully saturated rings. The highest BCUT2D eigenvalue weighted by atomic mass is 15.0. The topological polar surface area (TPSA) is 17.0 Å². The Kier molecular flexibility index (Phi) is 4.29. The zero-order valence-corrected chi connectivity index (χ0v) is 14.9. The van der Waals surface area contributed by atoms with Gasteiger partial charge in [0.1, 0.15) is 0 Å². The molecule has 4 aromatic rings. The molecule has 0 saturated carbocycles. The quantitative estimate of drug-likeness (QED) is 0.518. The zero-order valence-electron chi connectivity index (χ0n) is 14.9. The van der Waals surface area contributed by atoms with Gasteiger partial charge in [-0.3, -0.25) is 0 Å². The van der Waals surface area contributed by atoms with Crippen LogP contribution < -0.4 is 5.32 Å². The number of hydrogen-bond donors (Lipinski definition) is 1. The third kappa shape index (κ3) is 3.06. The molecule has 0 aliphatic heterocycles. The third-order valence-corrected chi connectivity index (χ3v) is 4.93. The lowest BCUT2D eigenvalue weighted by Gasteiger charge is -2.07. The molecule has 1 aromatic heterocycles. The molecule has 0 spiro atoms. The predicted molar refractivity (Wildman–Crippen MR) is 107 cm³/mol. The summed E-state index contributed by atoms with van der Waals surface area (Å²) in [5.41, 5.74) is 6.62. The average Bonchev–Trinajstić information content (AvgIpc) is 2.96. The van der Waals surface area contributed by atoms with Crippen LogP contribution in [0.2, 0.25) is 0 Å². The van der Waals surface area contributed by atoms with E-state index >= 15 is 0 Å². The van der Waals surface area contributed by atoms with Crippen molar-refractivity contribution in [1.29, 1.82) is 0 Å². The number of aryl methyl sites for hydroxylation is 2. The fraction of sp³-hybridized carbons (Fsp3) is 0.217. The van der Waals surface area contributed by atoms with Crippen LogP contribution in [0.4, 0.5) is 0 Å². The summed E-state index contributed by atoms with van der Waals surface area (Å²) in [5, 5.41) is 6.26. The van der Waals surface area contributed by atoms with Crippen LogP contribution in [0.1, 0.15) is 23.6 Å². The van der Waals surface area contributed by atoms with Crippen LogP contribution in [0.25, 0.3) is 21.8 Å². The van der Waals surface area contributed by atoms with E-state index in [4.69, 9.17) is 0 Å². The molecule has 0 amide bonds. The van der Waals surface area contributed by atoms with Crippen LogP contribution in [0.5, 0.6) is 0 Å². The van der Waals surface area contributed by atoms with Crippen LogP contribution in [0, 0.1) is 6.92 Å². The second-order valence-electron chi connectivity index (χ2n) is 6.70. The standard InChI is InChI=1S/C23H24N2/c1-3-25-22-7-5-4-6-20(22)21-14-19(12-13-23(21)25)16-24-15-18-10-8-17(2)9-11-18/h4-14,24H,3,15-16H2,1-2H3. The highest BCUT2D eigenvalue weighted by Crippen LogP contribution is 2.29. The first-order valence-corrected chi connectivity index (χ1v) is 9.02. The lowest BCUT2D eigenvalue weighted by Crippen LogP contribution is -2.12. The number of rotatable bonds is 5. The van der Waals surface area contributed by atoms with E-state index in [1.807, 2.05) is 0 Å². The van der Waals surface area contributed by atoms with Crippen molar-refractivity contribution in [3.8, 4) is 0 Å². The minimum atomic E-state index is 0.884. The first-order valence-electron chi connectivity index (χ1n) is 9.02. The molecular formula is C23H24N2. The van der Waals surface area contributed by atoms with Gasteiger partial charge in [0.2, 0.25) is 0 Å². The SMILES string of the molecule is CCn1c2ccccc2c2cc(CNCc3ccc(C)cc3)ccc21. The Morgan fingerprint density at radius 3 is 2.24 bits per heavy atom. The Morgan fingerprint density at radius 2 is 1.44 bits per heavy atom. The second-order valence-corrected chi connectivity index (χ2v) is 6.70. The van der Waals surface area contributed by atoms with Crippen LogP contribution in [0.15, 0.2) is 66.7 Å². The number of fused-ring (bicyclic) bond motifs is 3. The summed E-state index contributed by atoms with van der Waals surface area (Å²) >= 11 is 0. The zero-order chi connectivity index (χ0) is 17.2. The lowest BCUT2D eigenvalue weighted by atomic mass is 10.1. The Bertz CT molecular complexity index is 1010. The van der Waals surface area contributed by atoms with Crippen molar-refractivity contribution in [3.63, 3.8) is 0 Å². The molecule has 1 heterocycles.